The Morgan fingerprint density at radius 1 is 0.479 bits per heavy atom. The number of phenolic OH excluding ortho intramolecular Hbond substituents is 2. The van der Waals surface area contributed by atoms with E-state index in [1.54, 1.807) is 0 Å². The lowest BCUT2D eigenvalue weighted by molar-refractivity contribution is -0.144. The molecule has 4 aromatic rings. The number of nitrogens with one attached hydrogen (secondary N) is 2. The van der Waals surface area contributed by atoms with E-state index in [1.165, 1.54) is 12.1 Å². The molecule has 0 saturated heterocycles. The lowest BCUT2D eigenvalue weighted by Gasteiger charge is -2.15. The molecule has 4 rings (SSSR count). The maximum atomic E-state index is 13.7. The van der Waals surface area contributed by atoms with Crippen molar-refractivity contribution < 1.29 is 71.7 Å². The monoisotopic (exact) mass is 746 g/mol. The van der Waals surface area contributed by atoms with Crippen LogP contribution in [0.3, 0.4) is 0 Å². The third kappa shape index (κ3) is 8.21. The molecule has 0 spiro atoms. The Labute approximate surface area is 269 Å². The highest BCUT2D eigenvalue weighted by Gasteiger charge is 2.43. The summed E-state index contributed by atoms with van der Waals surface area (Å²) in [5.41, 5.74) is -7.54. The van der Waals surface area contributed by atoms with Crippen molar-refractivity contribution in [3.05, 3.63) is 115 Å². The van der Waals surface area contributed by atoms with Gasteiger partial charge in [-0.05, 0) is 36.4 Å². The number of phenols is 2. The van der Waals surface area contributed by atoms with E-state index in [0.717, 1.165) is 24.3 Å². The first kappa shape index (κ1) is 38.1. The van der Waals surface area contributed by atoms with Gasteiger partial charge in [-0.25, -0.2) is 35.1 Å². The van der Waals surface area contributed by atoms with Gasteiger partial charge in [-0.15, -0.1) is 0 Å². The summed E-state index contributed by atoms with van der Waals surface area (Å²) in [5, 5.41) is 22.8. The van der Waals surface area contributed by atoms with E-state index >= 15 is 0 Å². The van der Waals surface area contributed by atoms with Crippen LogP contribution in [0.1, 0.15) is 22.3 Å². The molecule has 0 aliphatic heterocycles. The molecular formula is C28H14Cl2F14N2O2. The summed E-state index contributed by atoms with van der Waals surface area (Å²) < 4.78 is 183. The largest absolute Gasteiger partial charge is 0.506 e. The smallest absolute Gasteiger partial charge is 0.422 e. The number of aromatic hydroxyl groups is 2. The van der Waals surface area contributed by atoms with E-state index in [-0.39, 0.29) is 32.9 Å². The first-order valence-electron chi connectivity index (χ1n) is 12.4. The minimum absolute atomic E-state index is 0.109. The van der Waals surface area contributed by atoms with Gasteiger partial charge in [-0.1, -0.05) is 23.2 Å². The van der Waals surface area contributed by atoms with Gasteiger partial charge in [0.05, 0.1) is 10.0 Å². The summed E-state index contributed by atoms with van der Waals surface area (Å²) in [5.74, 6) is -19.3. The van der Waals surface area contributed by atoms with Gasteiger partial charge in [0.2, 0.25) is 0 Å². The number of rotatable bonds is 6. The molecule has 4 aromatic carbocycles. The molecule has 4 N–H and O–H groups in total. The second kappa shape index (κ2) is 14.4. The van der Waals surface area contributed by atoms with Gasteiger partial charge >= 0.3 is 12.4 Å². The van der Waals surface area contributed by atoms with E-state index in [9.17, 15) is 71.7 Å². The Morgan fingerprint density at radius 3 is 0.979 bits per heavy atom. The lowest BCUT2D eigenvalue weighted by atomic mass is 10.1. The van der Waals surface area contributed by atoms with Crippen LogP contribution in [-0.4, -0.2) is 10.2 Å². The minimum atomic E-state index is -5.59. The van der Waals surface area contributed by atoms with Crippen LogP contribution < -0.4 is 10.6 Å². The van der Waals surface area contributed by atoms with E-state index in [1.807, 2.05) is 0 Å². The summed E-state index contributed by atoms with van der Waals surface area (Å²) in [7, 11) is 0. The molecule has 0 aliphatic rings. The Kier molecular flexibility index (Phi) is 11.5. The molecular weight excluding hydrogens is 733 g/mol. The maximum Gasteiger partial charge on any atom is 0.422 e. The molecule has 0 aliphatic carbocycles. The van der Waals surface area contributed by atoms with Crippen molar-refractivity contribution in [1.82, 2.24) is 0 Å². The highest BCUT2D eigenvalue weighted by Crippen LogP contribution is 2.39. The third-order valence-corrected chi connectivity index (χ3v) is 6.71. The molecule has 260 valence electrons. The summed E-state index contributed by atoms with van der Waals surface area (Å²) in [6.45, 7) is -1.71. The molecule has 0 unspecified atom stereocenters. The first-order valence-corrected chi connectivity index (χ1v) is 13.1. The van der Waals surface area contributed by atoms with Crippen LogP contribution in [0.4, 0.5) is 72.8 Å². The molecule has 0 fully saturated rings. The zero-order valence-electron chi connectivity index (χ0n) is 22.8. The number of benzene rings is 4. The molecule has 20 heteroatoms. The van der Waals surface area contributed by atoms with Crippen LogP contribution in [0.25, 0.3) is 0 Å². The Hall–Kier alpha value is -4.32. The average molecular weight is 747 g/mol. The molecule has 4 nitrogen and oxygen atoms in total. The summed E-state index contributed by atoms with van der Waals surface area (Å²) in [4.78, 5) is 0. The normalized spacial score (nSPS) is 11.7. The van der Waals surface area contributed by atoms with Crippen molar-refractivity contribution >= 4 is 34.6 Å². The molecule has 0 saturated carbocycles. The van der Waals surface area contributed by atoms with Gasteiger partial charge in [-0.3, -0.25) is 0 Å². The standard InChI is InChI=1S/2C14H7ClF7NO/c2*15-7-3-5(1-2-8(7)24)23-4-6-10(16)12(18)9(14(20,21)22)13(19)11(6)17/h2*1-3,23-24H,4H2. The molecule has 0 radical (unpaired) electrons. The Balaban J connectivity index is 0.000000260. The number of halogens is 16. The number of hydrogen-bond donors (Lipinski definition) is 4. The maximum absolute atomic E-state index is 13.7. The van der Waals surface area contributed by atoms with Crippen molar-refractivity contribution in [3.8, 4) is 11.5 Å². The fourth-order valence-electron chi connectivity index (χ4n) is 3.78. The van der Waals surface area contributed by atoms with Crippen LogP contribution >= 0.6 is 23.2 Å². The fraction of sp³-hybridized carbons (Fsp3) is 0.143. The SMILES string of the molecule is Oc1ccc(NCc2c(F)c(F)c(C(F)(F)F)c(F)c2F)cc1Cl.Oc1ccc(NCc2c(F)c(F)c(C(F)(F)F)c(F)c2F)cc1Cl. The third-order valence-electron chi connectivity index (χ3n) is 6.11. The highest BCUT2D eigenvalue weighted by molar-refractivity contribution is 6.32. The first-order chi connectivity index (χ1) is 22.1. The van der Waals surface area contributed by atoms with E-state index < -0.39 is 94.2 Å². The molecule has 0 atom stereocenters. The van der Waals surface area contributed by atoms with Crippen molar-refractivity contribution in [2.45, 2.75) is 25.4 Å². The van der Waals surface area contributed by atoms with Gasteiger partial charge in [0.15, 0.2) is 46.5 Å². The van der Waals surface area contributed by atoms with E-state index in [0.29, 0.717) is 0 Å². The zero-order chi connectivity index (χ0) is 36.5. The van der Waals surface area contributed by atoms with Crippen LogP contribution in [0, 0.1) is 46.5 Å². The van der Waals surface area contributed by atoms with Crippen molar-refractivity contribution in [1.29, 1.82) is 0 Å². The molecule has 0 aromatic heterocycles. The summed E-state index contributed by atoms with van der Waals surface area (Å²) in [6.07, 6.45) is -11.2. The fourth-order valence-corrected chi connectivity index (χ4v) is 4.14. The summed E-state index contributed by atoms with van der Waals surface area (Å²) >= 11 is 11.2. The molecule has 0 bridgehead atoms. The summed E-state index contributed by atoms with van der Waals surface area (Å²) in [6, 6.07) is 7.01. The van der Waals surface area contributed by atoms with E-state index in [4.69, 9.17) is 23.2 Å². The van der Waals surface area contributed by atoms with Gasteiger partial charge in [-0.2, -0.15) is 26.3 Å². The highest BCUT2D eigenvalue weighted by atomic mass is 35.5. The van der Waals surface area contributed by atoms with E-state index in [2.05, 4.69) is 10.6 Å². The second-order valence-corrected chi connectivity index (χ2v) is 10.1. The number of alkyl halides is 6. The van der Waals surface area contributed by atoms with Crippen molar-refractivity contribution in [3.63, 3.8) is 0 Å². The quantitative estimate of drug-likeness (QED) is 0.0901. The predicted molar refractivity (Wildman–Crippen MR) is 143 cm³/mol. The van der Waals surface area contributed by atoms with Gasteiger partial charge in [0, 0.05) is 35.6 Å². The second-order valence-electron chi connectivity index (χ2n) is 9.25. The average Bonchev–Trinajstić information content (AvgIpc) is 2.97. The molecule has 0 heterocycles. The Morgan fingerprint density at radius 2 is 0.750 bits per heavy atom. The van der Waals surface area contributed by atoms with Crippen LogP contribution in [0.2, 0.25) is 10.0 Å². The van der Waals surface area contributed by atoms with Crippen LogP contribution in [0.5, 0.6) is 11.5 Å². The van der Waals surface area contributed by atoms with Crippen LogP contribution in [-0.2, 0) is 25.4 Å². The topological polar surface area (TPSA) is 64.5 Å². The lowest BCUT2D eigenvalue weighted by Crippen LogP contribution is -2.18. The minimum Gasteiger partial charge on any atom is -0.506 e. The van der Waals surface area contributed by atoms with Gasteiger partial charge in [0.1, 0.15) is 22.6 Å². The van der Waals surface area contributed by atoms with Gasteiger partial charge in [0.25, 0.3) is 0 Å². The number of hydrogen-bond acceptors (Lipinski definition) is 4. The van der Waals surface area contributed by atoms with Crippen LogP contribution in [0.15, 0.2) is 36.4 Å². The Bertz CT molecular complexity index is 1660. The molecule has 0 amide bonds. The van der Waals surface area contributed by atoms with Crippen molar-refractivity contribution in [2.75, 3.05) is 10.6 Å². The molecule has 48 heavy (non-hydrogen) atoms. The van der Waals surface area contributed by atoms with Crippen molar-refractivity contribution in [2.24, 2.45) is 0 Å². The zero-order valence-corrected chi connectivity index (χ0v) is 24.3. The predicted octanol–water partition coefficient (Wildman–Crippen LogP) is 10.5. The number of anilines is 2. The van der Waals surface area contributed by atoms with Gasteiger partial charge < -0.3 is 20.8 Å².